The summed E-state index contributed by atoms with van der Waals surface area (Å²) in [5.74, 6) is -0.598. The van der Waals surface area contributed by atoms with Crippen LogP contribution in [-0.4, -0.2) is 38.4 Å². The van der Waals surface area contributed by atoms with Crippen molar-refractivity contribution in [2.45, 2.75) is 17.0 Å². The predicted molar refractivity (Wildman–Crippen MR) is 72.6 cm³/mol. The van der Waals surface area contributed by atoms with Crippen LogP contribution < -0.4 is 5.32 Å². The minimum absolute atomic E-state index is 0.0976. The first-order valence-corrected chi connectivity index (χ1v) is 7.65. The van der Waals surface area contributed by atoms with E-state index in [0.29, 0.717) is 5.56 Å². The molecule has 2 unspecified atom stereocenters. The van der Waals surface area contributed by atoms with E-state index in [1.54, 1.807) is 0 Å². The van der Waals surface area contributed by atoms with Crippen LogP contribution in [-0.2, 0) is 14.6 Å². The molecule has 0 heterocycles. The number of rotatable bonds is 6. The van der Waals surface area contributed by atoms with Gasteiger partial charge in [-0.05, 0) is 23.8 Å². The molecule has 0 bridgehead atoms. The third-order valence-electron chi connectivity index (χ3n) is 2.71. The summed E-state index contributed by atoms with van der Waals surface area (Å²) in [6.07, 6.45) is 0.757. The highest BCUT2D eigenvalue weighted by Gasteiger charge is 2.22. The van der Waals surface area contributed by atoms with E-state index in [4.69, 9.17) is 0 Å². The molecular weight excluding hydrogens is 285 g/mol. The SMILES string of the molecule is C=CC(=O)NC(CF)C(O)c1ccc(S(C)(=O)=O)cc1. The van der Waals surface area contributed by atoms with E-state index in [2.05, 4.69) is 11.9 Å². The first-order chi connectivity index (χ1) is 9.29. The Morgan fingerprint density at radius 2 is 2.00 bits per heavy atom. The van der Waals surface area contributed by atoms with Gasteiger partial charge in [-0.15, -0.1) is 0 Å². The van der Waals surface area contributed by atoms with Gasteiger partial charge in [-0.25, -0.2) is 12.8 Å². The van der Waals surface area contributed by atoms with Crippen LogP contribution >= 0.6 is 0 Å². The number of hydrogen-bond donors (Lipinski definition) is 2. The molecule has 1 amide bonds. The molecule has 0 aliphatic heterocycles. The van der Waals surface area contributed by atoms with E-state index in [1.165, 1.54) is 24.3 Å². The van der Waals surface area contributed by atoms with Gasteiger partial charge in [0.2, 0.25) is 5.91 Å². The van der Waals surface area contributed by atoms with E-state index >= 15 is 0 Å². The number of halogens is 1. The van der Waals surface area contributed by atoms with E-state index in [0.717, 1.165) is 12.3 Å². The maximum Gasteiger partial charge on any atom is 0.243 e. The Labute approximate surface area is 117 Å². The molecule has 0 aromatic heterocycles. The third kappa shape index (κ3) is 4.14. The minimum Gasteiger partial charge on any atom is -0.386 e. The Kier molecular flexibility index (Phi) is 5.41. The molecule has 5 nitrogen and oxygen atoms in total. The zero-order valence-electron chi connectivity index (χ0n) is 10.9. The van der Waals surface area contributed by atoms with Gasteiger partial charge in [-0.2, -0.15) is 0 Å². The Bertz CT molecular complexity index is 583. The molecule has 0 fully saturated rings. The maximum absolute atomic E-state index is 12.9. The first kappa shape index (κ1) is 16.3. The van der Waals surface area contributed by atoms with Crippen molar-refractivity contribution in [2.24, 2.45) is 0 Å². The summed E-state index contributed by atoms with van der Waals surface area (Å²) in [6, 6.07) is 4.27. The summed E-state index contributed by atoms with van der Waals surface area (Å²) in [7, 11) is -3.33. The van der Waals surface area contributed by atoms with Gasteiger partial charge in [0.1, 0.15) is 12.8 Å². The molecule has 110 valence electrons. The lowest BCUT2D eigenvalue weighted by atomic mass is 10.0. The van der Waals surface area contributed by atoms with E-state index in [9.17, 15) is 22.7 Å². The van der Waals surface area contributed by atoms with Crippen LogP contribution in [0.25, 0.3) is 0 Å². The molecule has 1 aromatic rings. The van der Waals surface area contributed by atoms with Gasteiger partial charge in [-0.1, -0.05) is 18.7 Å². The summed E-state index contributed by atoms with van der Waals surface area (Å²) in [4.78, 5) is 11.2. The fraction of sp³-hybridized carbons (Fsp3) is 0.308. The number of nitrogens with one attached hydrogen (secondary N) is 1. The number of aliphatic hydroxyl groups excluding tert-OH is 1. The van der Waals surface area contributed by atoms with E-state index in [-0.39, 0.29) is 4.90 Å². The highest BCUT2D eigenvalue weighted by Crippen LogP contribution is 2.19. The van der Waals surface area contributed by atoms with Crippen molar-refractivity contribution in [3.8, 4) is 0 Å². The first-order valence-electron chi connectivity index (χ1n) is 5.76. The van der Waals surface area contributed by atoms with Crippen LogP contribution in [0.4, 0.5) is 4.39 Å². The Morgan fingerprint density at radius 3 is 2.40 bits per heavy atom. The van der Waals surface area contributed by atoms with Crippen molar-refractivity contribution in [1.82, 2.24) is 5.32 Å². The topological polar surface area (TPSA) is 83.5 Å². The van der Waals surface area contributed by atoms with Crippen LogP contribution in [0.15, 0.2) is 41.8 Å². The molecule has 1 rings (SSSR count). The number of sulfone groups is 1. The fourth-order valence-electron chi connectivity index (χ4n) is 1.59. The van der Waals surface area contributed by atoms with Gasteiger partial charge in [0.25, 0.3) is 0 Å². The standard InChI is InChI=1S/C13H16FNO4S/c1-3-12(16)15-11(8-14)13(17)9-4-6-10(7-5-9)20(2,18)19/h3-7,11,13,17H,1,8H2,2H3,(H,15,16). The summed E-state index contributed by atoms with van der Waals surface area (Å²) in [5.41, 5.74) is 0.310. The van der Waals surface area contributed by atoms with Gasteiger partial charge in [-0.3, -0.25) is 4.79 Å². The van der Waals surface area contributed by atoms with Gasteiger partial charge < -0.3 is 10.4 Å². The van der Waals surface area contributed by atoms with Gasteiger partial charge in [0.05, 0.1) is 10.9 Å². The van der Waals surface area contributed by atoms with Gasteiger partial charge in [0.15, 0.2) is 9.84 Å². The number of benzene rings is 1. The molecule has 7 heteroatoms. The summed E-state index contributed by atoms with van der Waals surface area (Å²) >= 11 is 0. The molecule has 0 saturated heterocycles. The normalized spacial score (nSPS) is 14.3. The second-order valence-corrected chi connectivity index (χ2v) is 6.28. The molecule has 0 aliphatic rings. The second-order valence-electron chi connectivity index (χ2n) is 4.26. The molecule has 2 atom stereocenters. The number of hydrogen-bond acceptors (Lipinski definition) is 4. The Morgan fingerprint density at radius 1 is 1.45 bits per heavy atom. The molecule has 0 spiro atoms. The number of carbonyl (C=O) groups is 1. The smallest absolute Gasteiger partial charge is 0.243 e. The lowest BCUT2D eigenvalue weighted by molar-refractivity contribution is -0.118. The van der Waals surface area contributed by atoms with Crippen LogP contribution in [0, 0.1) is 0 Å². The second kappa shape index (κ2) is 6.62. The molecule has 1 aromatic carbocycles. The maximum atomic E-state index is 12.9. The average molecular weight is 301 g/mol. The molecule has 20 heavy (non-hydrogen) atoms. The Hall–Kier alpha value is -1.73. The quantitative estimate of drug-likeness (QED) is 0.760. The van der Waals surface area contributed by atoms with Crippen LogP contribution in [0.1, 0.15) is 11.7 Å². The lowest BCUT2D eigenvalue weighted by Crippen LogP contribution is -2.40. The molecule has 2 N–H and O–H groups in total. The number of alkyl halides is 1. The molecular formula is C13H16FNO4S. The van der Waals surface area contributed by atoms with Gasteiger partial charge in [0, 0.05) is 6.26 Å². The molecule has 0 radical (unpaired) electrons. The van der Waals surface area contributed by atoms with Crippen LogP contribution in [0.5, 0.6) is 0 Å². The summed E-state index contributed by atoms with van der Waals surface area (Å²) < 4.78 is 35.4. The van der Waals surface area contributed by atoms with Crippen LogP contribution in [0.3, 0.4) is 0 Å². The molecule has 0 aliphatic carbocycles. The van der Waals surface area contributed by atoms with Crippen molar-refractivity contribution >= 4 is 15.7 Å². The highest BCUT2D eigenvalue weighted by molar-refractivity contribution is 7.90. The third-order valence-corrected chi connectivity index (χ3v) is 3.84. The largest absolute Gasteiger partial charge is 0.386 e. The molecule has 0 saturated carbocycles. The summed E-state index contributed by atoms with van der Waals surface area (Å²) in [5, 5.41) is 12.2. The minimum atomic E-state index is -3.33. The monoisotopic (exact) mass is 301 g/mol. The fourth-order valence-corrected chi connectivity index (χ4v) is 2.22. The zero-order valence-corrected chi connectivity index (χ0v) is 11.7. The van der Waals surface area contributed by atoms with Gasteiger partial charge >= 0.3 is 0 Å². The van der Waals surface area contributed by atoms with Crippen molar-refractivity contribution < 1.29 is 22.7 Å². The lowest BCUT2D eigenvalue weighted by Gasteiger charge is -2.21. The van der Waals surface area contributed by atoms with E-state index in [1.807, 2.05) is 0 Å². The predicted octanol–water partition coefficient (Wildman–Crippen LogP) is 0.764. The van der Waals surface area contributed by atoms with Crippen molar-refractivity contribution in [1.29, 1.82) is 0 Å². The highest BCUT2D eigenvalue weighted by atomic mass is 32.2. The van der Waals surface area contributed by atoms with E-state index < -0.39 is 34.6 Å². The van der Waals surface area contributed by atoms with Crippen molar-refractivity contribution in [2.75, 3.05) is 12.9 Å². The van der Waals surface area contributed by atoms with Crippen molar-refractivity contribution in [3.05, 3.63) is 42.5 Å². The average Bonchev–Trinajstić information content (AvgIpc) is 2.42. The number of aliphatic hydroxyl groups is 1. The van der Waals surface area contributed by atoms with Crippen LogP contribution in [0.2, 0.25) is 0 Å². The number of carbonyl (C=O) groups excluding carboxylic acids is 1. The Balaban J connectivity index is 2.93. The number of amides is 1. The van der Waals surface area contributed by atoms with Crippen molar-refractivity contribution in [3.63, 3.8) is 0 Å². The zero-order chi connectivity index (χ0) is 15.3. The summed E-state index contributed by atoms with van der Waals surface area (Å²) in [6.45, 7) is 2.27.